The Hall–Kier alpha value is -1.67. The van der Waals surface area contributed by atoms with E-state index in [1.807, 2.05) is 6.07 Å². The van der Waals surface area contributed by atoms with Crippen molar-refractivity contribution in [3.8, 4) is 0 Å². The largest absolute Gasteiger partial charge is 0.327 e. The number of nitrogens with two attached hydrogens (primary N) is 1. The van der Waals surface area contributed by atoms with E-state index in [9.17, 15) is 4.39 Å². The van der Waals surface area contributed by atoms with Gasteiger partial charge in [0.2, 0.25) is 0 Å². The molecule has 2 N–H and O–H groups in total. The van der Waals surface area contributed by atoms with Crippen molar-refractivity contribution in [2.75, 3.05) is 0 Å². The summed E-state index contributed by atoms with van der Waals surface area (Å²) in [5.41, 5.74) is 10.7. The average Bonchev–Trinajstić information content (AvgIpc) is 2.37. The molecule has 0 radical (unpaired) electrons. The molecule has 1 atom stereocenters. The second kappa shape index (κ2) is 5.98. The fourth-order valence-corrected chi connectivity index (χ4v) is 2.45. The fourth-order valence-electron chi connectivity index (χ4n) is 2.45. The van der Waals surface area contributed by atoms with Crippen LogP contribution in [0.15, 0.2) is 42.5 Å². The number of benzene rings is 2. The lowest BCUT2D eigenvalue weighted by Crippen LogP contribution is -2.26. The van der Waals surface area contributed by atoms with E-state index >= 15 is 0 Å². The Kier molecular flexibility index (Phi) is 4.33. The SMILES string of the molecule is Cc1cccc(C)c1CC(N)Cc1ccccc1F. The molecule has 19 heavy (non-hydrogen) atoms. The van der Waals surface area contributed by atoms with Crippen molar-refractivity contribution < 1.29 is 4.39 Å². The molecule has 2 rings (SSSR count). The molecule has 0 amide bonds. The molecule has 2 heteroatoms. The summed E-state index contributed by atoms with van der Waals surface area (Å²) >= 11 is 0. The highest BCUT2D eigenvalue weighted by atomic mass is 19.1. The number of hydrogen-bond acceptors (Lipinski definition) is 1. The summed E-state index contributed by atoms with van der Waals surface area (Å²) in [5.74, 6) is -0.167. The summed E-state index contributed by atoms with van der Waals surface area (Å²) in [5, 5.41) is 0. The second-order valence-electron chi connectivity index (χ2n) is 5.13. The zero-order chi connectivity index (χ0) is 13.8. The first kappa shape index (κ1) is 13.8. The lowest BCUT2D eigenvalue weighted by atomic mass is 9.94. The maximum atomic E-state index is 13.6. The van der Waals surface area contributed by atoms with Crippen molar-refractivity contribution in [1.82, 2.24) is 0 Å². The minimum absolute atomic E-state index is 0.0586. The minimum atomic E-state index is -0.167. The molecule has 2 aromatic carbocycles. The maximum Gasteiger partial charge on any atom is 0.126 e. The molecule has 0 heterocycles. The summed E-state index contributed by atoms with van der Waals surface area (Å²) in [4.78, 5) is 0. The van der Waals surface area contributed by atoms with Crippen LogP contribution in [-0.2, 0) is 12.8 Å². The lowest BCUT2D eigenvalue weighted by molar-refractivity contribution is 0.583. The highest BCUT2D eigenvalue weighted by Gasteiger charge is 2.11. The number of aryl methyl sites for hydroxylation is 2. The smallest absolute Gasteiger partial charge is 0.126 e. The van der Waals surface area contributed by atoms with Gasteiger partial charge in [-0.15, -0.1) is 0 Å². The summed E-state index contributed by atoms with van der Waals surface area (Å²) in [6.45, 7) is 4.19. The topological polar surface area (TPSA) is 26.0 Å². The standard InChI is InChI=1S/C17H20FN/c1-12-6-5-7-13(2)16(12)11-15(19)10-14-8-3-4-9-17(14)18/h3-9,15H,10-11,19H2,1-2H3. The third kappa shape index (κ3) is 3.42. The molecule has 0 spiro atoms. The Morgan fingerprint density at radius 1 is 0.947 bits per heavy atom. The van der Waals surface area contributed by atoms with Crippen LogP contribution in [0.3, 0.4) is 0 Å². The van der Waals surface area contributed by atoms with Gasteiger partial charge in [0.1, 0.15) is 5.82 Å². The predicted molar refractivity (Wildman–Crippen MR) is 77.7 cm³/mol. The monoisotopic (exact) mass is 257 g/mol. The van der Waals surface area contributed by atoms with Gasteiger partial charge in [-0.3, -0.25) is 0 Å². The van der Waals surface area contributed by atoms with Crippen LogP contribution < -0.4 is 5.73 Å². The maximum absolute atomic E-state index is 13.6. The highest BCUT2D eigenvalue weighted by Crippen LogP contribution is 2.17. The Balaban J connectivity index is 2.10. The molecule has 0 bridgehead atoms. The first-order valence-electron chi connectivity index (χ1n) is 6.62. The van der Waals surface area contributed by atoms with Crippen LogP contribution in [0.25, 0.3) is 0 Å². The van der Waals surface area contributed by atoms with Crippen LogP contribution in [0, 0.1) is 19.7 Å². The molecule has 0 aliphatic carbocycles. The van der Waals surface area contributed by atoms with Crippen molar-refractivity contribution in [1.29, 1.82) is 0 Å². The molecule has 0 saturated heterocycles. The second-order valence-corrected chi connectivity index (χ2v) is 5.13. The molecule has 1 nitrogen and oxygen atoms in total. The van der Waals surface area contributed by atoms with Crippen molar-refractivity contribution in [3.63, 3.8) is 0 Å². The molecular weight excluding hydrogens is 237 g/mol. The van der Waals surface area contributed by atoms with Gasteiger partial charge in [-0.25, -0.2) is 4.39 Å². The van der Waals surface area contributed by atoms with E-state index in [1.54, 1.807) is 12.1 Å². The Morgan fingerprint density at radius 3 is 2.21 bits per heavy atom. The third-order valence-corrected chi connectivity index (χ3v) is 3.55. The van der Waals surface area contributed by atoms with Crippen molar-refractivity contribution in [2.45, 2.75) is 32.7 Å². The van der Waals surface area contributed by atoms with Crippen molar-refractivity contribution in [3.05, 3.63) is 70.5 Å². The molecule has 0 aromatic heterocycles. The van der Waals surface area contributed by atoms with Gasteiger partial charge in [-0.2, -0.15) is 0 Å². The van der Waals surface area contributed by atoms with Gasteiger partial charge in [0.05, 0.1) is 0 Å². The van der Waals surface area contributed by atoms with Crippen molar-refractivity contribution >= 4 is 0 Å². The Bertz CT molecular complexity index is 543. The predicted octanol–water partition coefficient (Wildman–Crippen LogP) is 3.56. The molecule has 2 aromatic rings. The molecular formula is C17H20FN. The van der Waals surface area contributed by atoms with E-state index in [4.69, 9.17) is 5.73 Å². The normalized spacial score (nSPS) is 12.4. The molecule has 0 aliphatic rings. The number of halogens is 1. The minimum Gasteiger partial charge on any atom is -0.327 e. The van der Waals surface area contributed by atoms with Gasteiger partial charge in [-0.05, 0) is 55.0 Å². The first-order valence-corrected chi connectivity index (χ1v) is 6.62. The highest BCUT2D eigenvalue weighted by molar-refractivity contribution is 5.34. The van der Waals surface area contributed by atoms with Crippen LogP contribution in [0.2, 0.25) is 0 Å². The van der Waals surface area contributed by atoms with E-state index in [0.717, 1.165) is 6.42 Å². The number of hydrogen-bond donors (Lipinski definition) is 1. The summed E-state index contributed by atoms with van der Waals surface area (Å²) in [6, 6.07) is 13.0. The number of rotatable bonds is 4. The zero-order valence-electron chi connectivity index (χ0n) is 11.5. The van der Waals surface area contributed by atoms with Crippen LogP contribution >= 0.6 is 0 Å². The summed E-state index contributed by atoms with van der Waals surface area (Å²) in [7, 11) is 0. The average molecular weight is 257 g/mol. The van der Waals surface area contributed by atoms with Gasteiger partial charge in [0.25, 0.3) is 0 Å². The molecule has 1 unspecified atom stereocenters. The van der Waals surface area contributed by atoms with Crippen LogP contribution in [0.1, 0.15) is 22.3 Å². The molecule has 0 fully saturated rings. The van der Waals surface area contributed by atoms with Gasteiger partial charge < -0.3 is 5.73 Å². The quantitative estimate of drug-likeness (QED) is 0.890. The van der Waals surface area contributed by atoms with Gasteiger partial charge in [0.15, 0.2) is 0 Å². The molecule has 0 saturated carbocycles. The first-order chi connectivity index (χ1) is 9.08. The van der Waals surface area contributed by atoms with Crippen LogP contribution in [0.5, 0.6) is 0 Å². The van der Waals surface area contributed by atoms with E-state index in [1.165, 1.54) is 22.8 Å². The van der Waals surface area contributed by atoms with E-state index in [-0.39, 0.29) is 11.9 Å². The van der Waals surface area contributed by atoms with Gasteiger partial charge in [0, 0.05) is 6.04 Å². The lowest BCUT2D eigenvalue weighted by Gasteiger charge is -2.16. The molecule has 0 aliphatic heterocycles. The fraction of sp³-hybridized carbons (Fsp3) is 0.294. The van der Waals surface area contributed by atoms with E-state index < -0.39 is 0 Å². The van der Waals surface area contributed by atoms with Gasteiger partial charge >= 0.3 is 0 Å². The van der Waals surface area contributed by atoms with E-state index in [0.29, 0.717) is 12.0 Å². The Morgan fingerprint density at radius 2 is 1.58 bits per heavy atom. The van der Waals surface area contributed by atoms with Gasteiger partial charge in [-0.1, -0.05) is 36.4 Å². The Labute approximate surface area is 114 Å². The molecule has 100 valence electrons. The zero-order valence-corrected chi connectivity index (χ0v) is 11.5. The summed E-state index contributed by atoms with van der Waals surface area (Å²) < 4.78 is 13.6. The third-order valence-electron chi connectivity index (χ3n) is 3.55. The van der Waals surface area contributed by atoms with Crippen molar-refractivity contribution in [2.24, 2.45) is 5.73 Å². The summed E-state index contributed by atoms with van der Waals surface area (Å²) in [6.07, 6.45) is 1.35. The van der Waals surface area contributed by atoms with Crippen LogP contribution in [-0.4, -0.2) is 6.04 Å². The van der Waals surface area contributed by atoms with Crippen LogP contribution in [0.4, 0.5) is 4.39 Å². The van der Waals surface area contributed by atoms with E-state index in [2.05, 4.69) is 32.0 Å².